The van der Waals surface area contributed by atoms with Crippen molar-refractivity contribution in [2.45, 2.75) is 50.9 Å². The molecule has 0 spiro atoms. The molecule has 1 fully saturated rings. The van der Waals surface area contributed by atoms with Crippen molar-refractivity contribution in [1.29, 1.82) is 0 Å². The Morgan fingerprint density at radius 1 is 1.21 bits per heavy atom. The van der Waals surface area contributed by atoms with Crippen LogP contribution >= 0.6 is 0 Å². The summed E-state index contributed by atoms with van der Waals surface area (Å²) < 4.78 is 41.7. The van der Waals surface area contributed by atoms with Gasteiger partial charge in [0.2, 0.25) is 0 Å². The molecule has 24 heavy (non-hydrogen) atoms. The first-order valence-corrected chi connectivity index (χ1v) is 7.98. The fraction of sp³-hybridized carbons (Fsp3) is 0.529. The van der Waals surface area contributed by atoms with Gasteiger partial charge in [0.25, 0.3) is 11.6 Å². The average Bonchev–Trinajstić information content (AvgIpc) is 2.66. The van der Waals surface area contributed by atoms with Crippen molar-refractivity contribution in [1.82, 2.24) is 5.01 Å². The Kier molecular flexibility index (Phi) is 3.94. The van der Waals surface area contributed by atoms with Gasteiger partial charge in [-0.1, -0.05) is 31.0 Å². The summed E-state index contributed by atoms with van der Waals surface area (Å²) in [5.41, 5.74) is -4.63. The predicted octanol–water partition coefficient (Wildman–Crippen LogP) is 3.72. The van der Waals surface area contributed by atoms with Crippen LogP contribution in [0, 0.1) is 5.41 Å². The minimum Gasteiger partial charge on any atom is -0.361 e. The molecule has 1 aliphatic carbocycles. The number of halogens is 3. The lowest BCUT2D eigenvalue weighted by Crippen LogP contribution is -2.65. The maximum Gasteiger partial charge on any atom is 0.439 e. The van der Waals surface area contributed by atoms with Gasteiger partial charge in [0.05, 0.1) is 5.41 Å². The maximum atomic E-state index is 13.9. The molecule has 1 aliphatic heterocycles. The molecule has 0 saturated heterocycles. The fourth-order valence-electron chi connectivity index (χ4n) is 3.66. The maximum absolute atomic E-state index is 13.9. The van der Waals surface area contributed by atoms with Crippen LogP contribution in [-0.4, -0.2) is 33.6 Å². The second-order valence-electron chi connectivity index (χ2n) is 6.59. The summed E-state index contributed by atoms with van der Waals surface area (Å²) in [5, 5.41) is 15.0. The van der Waals surface area contributed by atoms with Crippen molar-refractivity contribution < 1.29 is 23.1 Å². The van der Waals surface area contributed by atoms with E-state index in [1.54, 1.807) is 18.2 Å². The summed E-state index contributed by atoms with van der Waals surface area (Å²) in [4.78, 5) is 12.6. The number of amides is 1. The third-order valence-corrected chi connectivity index (χ3v) is 5.13. The minimum absolute atomic E-state index is 0.0598. The molecule has 1 saturated carbocycles. The molecule has 0 aromatic heterocycles. The standard InChI is InChI=1S/C17H19F3N2O2/c1-15-11-7-3-6-10-13(15)21-22(16(15,24)17(18,19)20)14(23)12-8-4-2-5-9-12/h2,4-5,8-9,24H,3,6-7,10-11H2,1H3/t15-,16-/m1/s1. The van der Waals surface area contributed by atoms with Crippen molar-refractivity contribution in [3.63, 3.8) is 0 Å². The number of benzene rings is 1. The lowest BCUT2D eigenvalue weighted by atomic mass is 9.72. The van der Waals surface area contributed by atoms with Crippen LogP contribution < -0.4 is 0 Å². The van der Waals surface area contributed by atoms with Gasteiger partial charge in [-0.3, -0.25) is 4.79 Å². The zero-order chi connectivity index (χ0) is 17.6. The lowest BCUT2D eigenvalue weighted by Gasteiger charge is -2.43. The molecule has 1 amide bonds. The number of aliphatic hydroxyl groups is 1. The highest BCUT2D eigenvalue weighted by Gasteiger charge is 2.73. The smallest absolute Gasteiger partial charge is 0.361 e. The summed E-state index contributed by atoms with van der Waals surface area (Å²) >= 11 is 0. The van der Waals surface area contributed by atoms with E-state index >= 15 is 0 Å². The molecule has 2 atom stereocenters. The van der Waals surface area contributed by atoms with Gasteiger partial charge in [0.15, 0.2) is 0 Å². The van der Waals surface area contributed by atoms with Crippen LogP contribution in [0.15, 0.2) is 35.4 Å². The SMILES string of the molecule is C[C@@]12CCCCCC1=NN(C(=O)c1ccccc1)[C@]2(O)C(F)(F)F. The van der Waals surface area contributed by atoms with Gasteiger partial charge in [-0.2, -0.15) is 23.3 Å². The number of hydrogen-bond donors (Lipinski definition) is 1. The Balaban J connectivity index is 2.12. The monoisotopic (exact) mass is 340 g/mol. The second-order valence-corrected chi connectivity index (χ2v) is 6.59. The van der Waals surface area contributed by atoms with Crippen LogP contribution in [-0.2, 0) is 0 Å². The summed E-state index contributed by atoms with van der Waals surface area (Å²) in [5.74, 6) is -0.947. The highest BCUT2D eigenvalue weighted by molar-refractivity contribution is 6.00. The number of fused-ring (bicyclic) bond motifs is 1. The van der Waals surface area contributed by atoms with Crippen molar-refractivity contribution in [2.24, 2.45) is 10.5 Å². The zero-order valence-electron chi connectivity index (χ0n) is 13.3. The first-order chi connectivity index (χ1) is 11.2. The van der Waals surface area contributed by atoms with Gasteiger partial charge in [-0.05, 0) is 38.3 Å². The number of rotatable bonds is 1. The van der Waals surface area contributed by atoms with E-state index in [-0.39, 0.29) is 22.7 Å². The Morgan fingerprint density at radius 2 is 1.88 bits per heavy atom. The first kappa shape index (κ1) is 17.0. The van der Waals surface area contributed by atoms with E-state index in [4.69, 9.17) is 0 Å². The molecule has 0 bridgehead atoms. The van der Waals surface area contributed by atoms with E-state index in [0.717, 1.165) is 6.42 Å². The van der Waals surface area contributed by atoms with Gasteiger partial charge in [0, 0.05) is 11.3 Å². The average molecular weight is 340 g/mol. The number of carbonyl (C=O) groups is 1. The molecule has 1 N–H and O–H groups in total. The van der Waals surface area contributed by atoms with Gasteiger partial charge < -0.3 is 5.11 Å². The van der Waals surface area contributed by atoms with Crippen molar-refractivity contribution in [3.8, 4) is 0 Å². The molecule has 2 aliphatic rings. The van der Waals surface area contributed by atoms with E-state index < -0.39 is 23.2 Å². The molecule has 0 radical (unpaired) electrons. The summed E-state index contributed by atoms with van der Waals surface area (Å²) in [6.07, 6.45) is -2.47. The van der Waals surface area contributed by atoms with Crippen molar-refractivity contribution in [2.75, 3.05) is 0 Å². The second kappa shape index (κ2) is 5.58. The quantitative estimate of drug-likeness (QED) is 0.847. The topological polar surface area (TPSA) is 52.9 Å². The third-order valence-electron chi connectivity index (χ3n) is 5.13. The van der Waals surface area contributed by atoms with Crippen molar-refractivity contribution >= 4 is 11.6 Å². The highest BCUT2D eigenvalue weighted by atomic mass is 19.4. The van der Waals surface area contributed by atoms with E-state index in [1.807, 2.05) is 0 Å². The zero-order valence-corrected chi connectivity index (χ0v) is 13.3. The normalized spacial score (nSPS) is 30.5. The highest BCUT2D eigenvalue weighted by Crippen LogP contribution is 2.55. The molecule has 7 heteroatoms. The molecular weight excluding hydrogens is 321 g/mol. The van der Waals surface area contributed by atoms with Gasteiger partial charge >= 0.3 is 6.18 Å². The summed E-state index contributed by atoms with van der Waals surface area (Å²) in [6.45, 7) is 1.36. The van der Waals surface area contributed by atoms with E-state index in [0.29, 0.717) is 19.3 Å². The number of alkyl halides is 3. The Morgan fingerprint density at radius 3 is 2.50 bits per heavy atom. The van der Waals surface area contributed by atoms with Gasteiger partial charge in [-0.15, -0.1) is 0 Å². The van der Waals surface area contributed by atoms with Crippen LogP contribution in [0.4, 0.5) is 13.2 Å². The van der Waals surface area contributed by atoms with Gasteiger partial charge in [0.1, 0.15) is 0 Å². The van der Waals surface area contributed by atoms with Gasteiger partial charge in [-0.25, -0.2) is 0 Å². The fourth-order valence-corrected chi connectivity index (χ4v) is 3.66. The van der Waals surface area contributed by atoms with E-state index in [2.05, 4.69) is 5.10 Å². The Bertz CT molecular complexity index is 674. The van der Waals surface area contributed by atoms with Crippen LogP contribution in [0.2, 0.25) is 0 Å². The van der Waals surface area contributed by atoms with Crippen LogP contribution in [0.25, 0.3) is 0 Å². The van der Waals surface area contributed by atoms with E-state index in [9.17, 15) is 23.1 Å². The number of hydrazone groups is 1. The summed E-state index contributed by atoms with van der Waals surface area (Å²) in [7, 11) is 0. The number of nitrogens with zero attached hydrogens (tertiary/aromatic N) is 2. The first-order valence-electron chi connectivity index (χ1n) is 7.98. The van der Waals surface area contributed by atoms with Crippen LogP contribution in [0.5, 0.6) is 0 Å². The van der Waals surface area contributed by atoms with Crippen LogP contribution in [0.3, 0.4) is 0 Å². The molecule has 0 unspecified atom stereocenters. The molecule has 1 heterocycles. The van der Waals surface area contributed by atoms with Crippen LogP contribution in [0.1, 0.15) is 49.4 Å². The molecule has 4 nitrogen and oxygen atoms in total. The molecule has 130 valence electrons. The molecular formula is C17H19F3N2O2. The largest absolute Gasteiger partial charge is 0.439 e. The third kappa shape index (κ3) is 2.25. The summed E-state index contributed by atoms with van der Waals surface area (Å²) in [6, 6.07) is 7.60. The van der Waals surface area contributed by atoms with Crippen molar-refractivity contribution in [3.05, 3.63) is 35.9 Å². The molecule has 1 aromatic carbocycles. The Hall–Kier alpha value is -1.89. The lowest BCUT2D eigenvalue weighted by molar-refractivity contribution is -0.328. The number of carbonyl (C=O) groups excluding carboxylic acids is 1. The number of hydrogen-bond acceptors (Lipinski definition) is 3. The Labute approximate surface area is 138 Å². The van der Waals surface area contributed by atoms with E-state index in [1.165, 1.54) is 19.1 Å². The molecule has 3 rings (SSSR count). The predicted molar refractivity (Wildman–Crippen MR) is 82.2 cm³/mol. The molecule has 1 aromatic rings. The minimum atomic E-state index is -5.01.